The molecule has 26 heavy (non-hydrogen) atoms. The van der Waals surface area contributed by atoms with Crippen molar-refractivity contribution in [3.8, 4) is 0 Å². The van der Waals surface area contributed by atoms with Crippen LogP contribution in [-0.2, 0) is 21.8 Å². The summed E-state index contributed by atoms with van der Waals surface area (Å²) in [5.74, 6) is -0.390. The number of H-pyrrole nitrogens is 1. The van der Waals surface area contributed by atoms with Crippen LogP contribution in [0.25, 0.3) is 0 Å². The lowest BCUT2D eigenvalue weighted by Gasteiger charge is -2.34. The molecule has 0 aromatic carbocycles. The van der Waals surface area contributed by atoms with Gasteiger partial charge in [0.05, 0.1) is 23.7 Å². The van der Waals surface area contributed by atoms with Crippen molar-refractivity contribution in [3.05, 3.63) is 35.4 Å². The Balaban J connectivity index is 1.92. The maximum absolute atomic E-state index is 13.0. The summed E-state index contributed by atoms with van der Waals surface area (Å²) < 4.78 is 26.1. The first kappa shape index (κ1) is 18.6. The van der Waals surface area contributed by atoms with Crippen LogP contribution in [-0.4, -0.2) is 57.3 Å². The van der Waals surface area contributed by atoms with E-state index in [2.05, 4.69) is 15.3 Å². The molecule has 0 unspecified atom stereocenters. The molecule has 2 aromatic heterocycles. The van der Waals surface area contributed by atoms with E-state index in [0.29, 0.717) is 12.2 Å². The number of hydrogen-bond donors (Lipinski definition) is 1. The molecule has 1 N–H and O–H groups in total. The minimum absolute atomic E-state index is 0.0340. The van der Waals surface area contributed by atoms with Crippen molar-refractivity contribution in [2.75, 3.05) is 18.1 Å². The smallest absolute Gasteiger partial charge is 0.274 e. The highest BCUT2D eigenvalue weighted by Crippen LogP contribution is 2.29. The van der Waals surface area contributed by atoms with Crippen molar-refractivity contribution in [2.24, 2.45) is 0 Å². The number of hydrogen-bond acceptors (Lipinski definition) is 5. The van der Waals surface area contributed by atoms with Crippen LogP contribution >= 0.6 is 0 Å². The van der Waals surface area contributed by atoms with Gasteiger partial charge in [0.15, 0.2) is 9.84 Å². The monoisotopic (exact) mass is 379 g/mol. The third-order valence-corrected chi connectivity index (χ3v) is 6.29. The molecule has 1 atom stereocenters. The quantitative estimate of drug-likeness (QED) is 0.872. The first-order valence-electron chi connectivity index (χ1n) is 8.70. The molecule has 1 aliphatic rings. The van der Waals surface area contributed by atoms with Crippen LogP contribution in [0.1, 0.15) is 55.5 Å². The van der Waals surface area contributed by atoms with Crippen molar-refractivity contribution in [2.45, 2.75) is 45.7 Å². The Morgan fingerprint density at radius 1 is 1.38 bits per heavy atom. The summed E-state index contributed by atoms with van der Waals surface area (Å²) in [7, 11) is -3.20. The average molecular weight is 379 g/mol. The second-order valence-corrected chi connectivity index (χ2v) is 9.90. The van der Waals surface area contributed by atoms with Crippen LogP contribution < -0.4 is 0 Å². The van der Waals surface area contributed by atoms with E-state index < -0.39 is 15.9 Å². The molecule has 1 amide bonds. The minimum atomic E-state index is -3.20. The zero-order valence-corrected chi connectivity index (χ0v) is 16.4. The molecule has 8 nitrogen and oxygen atoms in total. The highest BCUT2D eigenvalue weighted by molar-refractivity contribution is 7.91. The van der Waals surface area contributed by atoms with Crippen molar-refractivity contribution in [1.82, 2.24) is 24.9 Å². The average Bonchev–Trinajstić information content (AvgIpc) is 3.22. The van der Waals surface area contributed by atoms with Gasteiger partial charge in [-0.15, -0.1) is 0 Å². The lowest BCUT2D eigenvalue weighted by molar-refractivity contribution is 0.0691. The molecule has 142 valence electrons. The van der Waals surface area contributed by atoms with Crippen LogP contribution in [0.3, 0.4) is 0 Å². The van der Waals surface area contributed by atoms with E-state index in [4.69, 9.17) is 0 Å². The maximum atomic E-state index is 13.0. The zero-order chi connectivity index (χ0) is 19.1. The summed E-state index contributed by atoms with van der Waals surface area (Å²) in [6.45, 7) is 8.89. The number of carbonyl (C=O) groups is 1. The van der Waals surface area contributed by atoms with Gasteiger partial charge in [0.2, 0.25) is 0 Å². The van der Waals surface area contributed by atoms with Crippen molar-refractivity contribution in [3.63, 3.8) is 0 Å². The van der Waals surface area contributed by atoms with Gasteiger partial charge in [-0.05, 0) is 13.0 Å². The molecule has 1 saturated heterocycles. The normalized spacial score (nSPS) is 20.3. The number of sulfone groups is 1. The fourth-order valence-electron chi connectivity index (χ4n) is 3.01. The molecule has 0 aliphatic carbocycles. The van der Waals surface area contributed by atoms with Gasteiger partial charge in [-0.2, -0.15) is 10.2 Å². The van der Waals surface area contributed by atoms with Crippen LogP contribution in [0.15, 0.2) is 18.5 Å². The lowest BCUT2D eigenvalue weighted by Crippen LogP contribution is -2.46. The summed E-state index contributed by atoms with van der Waals surface area (Å²) in [6.07, 6.45) is 3.44. The third kappa shape index (κ3) is 3.67. The first-order valence-corrected chi connectivity index (χ1v) is 10.5. The number of aryl methyl sites for hydroxylation is 1. The van der Waals surface area contributed by atoms with Gasteiger partial charge in [-0.3, -0.25) is 14.6 Å². The van der Waals surface area contributed by atoms with E-state index in [0.717, 1.165) is 11.3 Å². The Morgan fingerprint density at radius 3 is 2.69 bits per heavy atom. The van der Waals surface area contributed by atoms with E-state index in [1.54, 1.807) is 28.0 Å². The summed E-state index contributed by atoms with van der Waals surface area (Å²) in [6, 6.07) is 1.20. The highest BCUT2D eigenvalue weighted by Gasteiger charge is 2.37. The van der Waals surface area contributed by atoms with Gasteiger partial charge < -0.3 is 4.90 Å². The molecule has 0 bridgehead atoms. The Labute approximate surface area is 153 Å². The minimum Gasteiger partial charge on any atom is -0.328 e. The fraction of sp³-hybridized carbons (Fsp3) is 0.588. The molecular weight excluding hydrogens is 354 g/mol. The predicted octanol–water partition coefficient (Wildman–Crippen LogP) is 1.54. The van der Waals surface area contributed by atoms with Gasteiger partial charge in [0.25, 0.3) is 5.91 Å². The molecule has 3 rings (SSSR count). The molecular formula is C17H25N5O3S. The number of aromatic amines is 1. The second kappa shape index (κ2) is 6.53. The zero-order valence-electron chi connectivity index (χ0n) is 15.6. The number of aromatic nitrogens is 4. The molecule has 2 aromatic rings. The molecule has 1 aliphatic heterocycles. The Bertz CT molecular complexity index is 907. The van der Waals surface area contributed by atoms with Crippen LogP contribution in [0.2, 0.25) is 0 Å². The van der Waals surface area contributed by atoms with Gasteiger partial charge in [0, 0.05) is 36.0 Å². The van der Waals surface area contributed by atoms with Crippen molar-refractivity contribution >= 4 is 15.7 Å². The van der Waals surface area contributed by atoms with Gasteiger partial charge >= 0.3 is 0 Å². The van der Waals surface area contributed by atoms with Crippen molar-refractivity contribution in [1.29, 1.82) is 0 Å². The summed E-state index contributed by atoms with van der Waals surface area (Å²) in [5, 5.41) is 11.3. The number of carbonyl (C=O) groups excluding carboxylic acids is 1. The molecule has 1 fully saturated rings. The predicted molar refractivity (Wildman–Crippen MR) is 97.6 cm³/mol. The van der Waals surface area contributed by atoms with Crippen LogP contribution in [0.4, 0.5) is 0 Å². The van der Waals surface area contributed by atoms with Gasteiger partial charge in [-0.25, -0.2) is 8.42 Å². The number of nitrogens with one attached hydrogen (secondary N) is 1. The lowest BCUT2D eigenvalue weighted by atomic mass is 9.92. The highest BCUT2D eigenvalue weighted by atomic mass is 32.2. The summed E-state index contributed by atoms with van der Waals surface area (Å²) in [5.41, 5.74) is 1.75. The molecule has 3 heterocycles. The topological polar surface area (TPSA) is 101 Å². The number of nitrogens with zero attached hydrogens (tertiary/aromatic N) is 4. The molecule has 0 spiro atoms. The van der Waals surface area contributed by atoms with E-state index >= 15 is 0 Å². The summed E-state index contributed by atoms with van der Waals surface area (Å²) in [4.78, 5) is 14.6. The third-order valence-electron chi connectivity index (χ3n) is 4.66. The molecule has 0 saturated carbocycles. The second-order valence-electron chi connectivity index (χ2n) is 7.67. The van der Waals surface area contributed by atoms with E-state index in [1.807, 2.05) is 27.7 Å². The molecule has 9 heteroatoms. The van der Waals surface area contributed by atoms with Crippen molar-refractivity contribution < 1.29 is 13.2 Å². The Morgan fingerprint density at radius 2 is 2.12 bits per heavy atom. The first-order chi connectivity index (χ1) is 12.1. The van der Waals surface area contributed by atoms with E-state index in [9.17, 15) is 13.2 Å². The van der Waals surface area contributed by atoms with Crippen LogP contribution in [0, 0.1) is 0 Å². The Hall–Kier alpha value is -2.16. The maximum Gasteiger partial charge on any atom is 0.274 e. The summed E-state index contributed by atoms with van der Waals surface area (Å²) >= 11 is 0. The standard InChI is InChI=1S/C17H25N5O3S/c1-5-21-10-12(9-18-21)14-11-26(24,25)7-6-22(14)16(23)13-8-15(20-19-13)17(2,3)4/h8-10,14H,5-7,11H2,1-4H3,(H,19,20)/t14-/m0/s1. The SMILES string of the molecule is CCn1cc([C@@H]2CS(=O)(=O)CCN2C(=O)c2cc(C(C)(C)C)[nH]n2)cn1. The van der Waals surface area contributed by atoms with Gasteiger partial charge in [0.1, 0.15) is 5.69 Å². The fourth-order valence-corrected chi connectivity index (χ4v) is 4.51. The van der Waals surface area contributed by atoms with E-state index in [-0.39, 0.29) is 29.4 Å². The van der Waals surface area contributed by atoms with Crippen LogP contribution in [0.5, 0.6) is 0 Å². The van der Waals surface area contributed by atoms with E-state index in [1.165, 1.54) is 0 Å². The Kier molecular flexibility index (Phi) is 4.68. The number of rotatable bonds is 3. The largest absolute Gasteiger partial charge is 0.328 e. The number of amides is 1. The molecule has 0 radical (unpaired) electrons. The van der Waals surface area contributed by atoms with Gasteiger partial charge in [-0.1, -0.05) is 20.8 Å².